The van der Waals surface area contributed by atoms with Crippen molar-refractivity contribution in [3.05, 3.63) is 23.8 Å². The van der Waals surface area contributed by atoms with Gasteiger partial charge in [0.15, 0.2) is 6.61 Å². The lowest BCUT2D eigenvalue weighted by atomic mass is 9.82. The standard InChI is InChI=1S/C17H26N2O2/c1-11(9-17(2,3)4)7-13(18)12-5-6-15-14(8-12)19-16(20)10-21-15/h5-6,8,11,13H,7,9-10,18H2,1-4H3,(H,19,20). The maximum atomic E-state index is 11.4. The lowest BCUT2D eigenvalue weighted by molar-refractivity contribution is -0.118. The highest BCUT2D eigenvalue weighted by molar-refractivity contribution is 5.95. The molecular weight excluding hydrogens is 264 g/mol. The van der Waals surface area contributed by atoms with E-state index in [1.54, 1.807) is 0 Å². The van der Waals surface area contributed by atoms with Gasteiger partial charge in [-0.05, 0) is 41.9 Å². The van der Waals surface area contributed by atoms with Crippen LogP contribution in [-0.2, 0) is 4.79 Å². The summed E-state index contributed by atoms with van der Waals surface area (Å²) in [5.74, 6) is 1.16. The molecule has 21 heavy (non-hydrogen) atoms. The number of benzene rings is 1. The minimum absolute atomic E-state index is 0.0218. The molecule has 0 saturated heterocycles. The second-order valence-electron chi connectivity index (χ2n) is 7.30. The fourth-order valence-electron chi connectivity index (χ4n) is 3.03. The van der Waals surface area contributed by atoms with E-state index in [1.807, 2.05) is 18.2 Å². The van der Waals surface area contributed by atoms with Gasteiger partial charge in [-0.2, -0.15) is 0 Å². The van der Waals surface area contributed by atoms with Crippen LogP contribution in [0.4, 0.5) is 5.69 Å². The zero-order valence-electron chi connectivity index (χ0n) is 13.4. The third-order valence-corrected chi connectivity index (χ3v) is 3.68. The molecule has 0 aliphatic carbocycles. The Morgan fingerprint density at radius 3 is 2.76 bits per heavy atom. The zero-order valence-corrected chi connectivity index (χ0v) is 13.4. The predicted molar refractivity (Wildman–Crippen MR) is 85.3 cm³/mol. The Morgan fingerprint density at radius 2 is 2.10 bits per heavy atom. The molecule has 4 nitrogen and oxygen atoms in total. The summed E-state index contributed by atoms with van der Waals surface area (Å²) in [6, 6.07) is 5.79. The van der Waals surface area contributed by atoms with Crippen LogP contribution >= 0.6 is 0 Å². The van der Waals surface area contributed by atoms with Gasteiger partial charge in [0.2, 0.25) is 0 Å². The Kier molecular flexibility index (Phi) is 4.57. The van der Waals surface area contributed by atoms with E-state index in [4.69, 9.17) is 10.5 Å². The van der Waals surface area contributed by atoms with Crippen LogP contribution in [0.25, 0.3) is 0 Å². The Bertz CT molecular complexity index is 520. The van der Waals surface area contributed by atoms with Crippen LogP contribution in [0.1, 0.15) is 52.1 Å². The topological polar surface area (TPSA) is 64.3 Å². The summed E-state index contributed by atoms with van der Waals surface area (Å²) in [5, 5.41) is 2.83. The first-order valence-electron chi connectivity index (χ1n) is 7.57. The first kappa shape index (κ1) is 15.8. The van der Waals surface area contributed by atoms with Crippen molar-refractivity contribution in [2.45, 2.75) is 46.6 Å². The molecule has 4 heteroatoms. The van der Waals surface area contributed by atoms with Crippen molar-refractivity contribution >= 4 is 11.6 Å². The Hall–Kier alpha value is -1.55. The van der Waals surface area contributed by atoms with Gasteiger partial charge in [0.05, 0.1) is 5.69 Å². The Balaban J connectivity index is 2.04. The number of nitrogens with two attached hydrogens (primary N) is 1. The second-order valence-corrected chi connectivity index (χ2v) is 7.30. The summed E-state index contributed by atoms with van der Waals surface area (Å²) in [4.78, 5) is 11.4. The van der Waals surface area contributed by atoms with E-state index in [0.717, 1.165) is 24.1 Å². The largest absolute Gasteiger partial charge is 0.482 e. The normalized spacial score (nSPS) is 17.5. The molecule has 1 aromatic carbocycles. The van der Waals surface area contributed by atoms with E-state index in [0.29, 0.717) is 17.1 Å². The van der Waals surface area contributed by atoms with Crippen LogP contribution in [0, 0.1) is 11.3 Å². The zero-order chi connectivity index (χ0) is 15.6. The average molecular weight is 290 g/mol. The van der Waals surface area contributed by atoms with Gasteiger partial charge in [-0.1, -0.05) is 33.8 Å². The second kappa shape index (κ2) is 6.06. The van der Waals surface area contributed by atoms with Crippen LogP contribution < -0.4 is 15.8 Å². The molecular formula is C17H26N2O2. The number of hydrogen-bond acceptors (Lipinski definition) is 3. The number of carbonyl (C=O) groups excluding carboxylic acids is 1. The first-order chi connectivity index (χ1) is 9.74. The monoisotopic (exact) mass is 290 g/mol. The van der Waals surface area contributed by atoms with Gasteiger partial charge in [-0.25, -0.2) is 0 Å². The number of rotatable bonds is 4. The van der Waals surface area contributed by atoms with Crippen LogP contribution in [-0.4, -0.2) is 12.5 Å². The van der Waals surface area contributed by atoms with Crippen molar-refractivity contribution in [2.75, 3.05) is 11.9 Å². The minimum atomic E-state index is -0.116. The molecule has 3 N–H and O–H groups in total. The van der Waals surface area contributed by atoms with Crippen LogP contribution in [0.2, 0.25) is 0 Å². The number of hydrogen-bond donors (Lipinski definition) is 2. The van der Waals surface area contributed by atoms with E-state index < -0.39 is 0 Å². The maximum Gasteiger partial charge on any atom is 0.262 e. The van der Waals surface area contributed by atoms with Crippen molar-refractivity contribution in [2.24, 2.45) is 17.1 Å². The van der Waals surface area contributed by atoms with Crippen molar-refractivity contribution in [3.63, 3.8) is 0 Å². The maximum absolute atomic E-state index is 11.4. The molecule has 1 aliphatic heterocycles. The van der Waals surface area contributed by atoms with Gasteiger partial charge in [0, 0.05) is 6.04 Å². The smallest absolute Gasteiger partial charge is 0.262 e. The molecule has 2 atom stereocenters. The van der Waals surface area contributed by atoms with E-state index in [-0.39, 0.29) is 18.6 Å². The quantitative estimate of drug-likeness (QED) is 0.892. The summed E-state index contributed by atoms with van der Waals surface area (Å²) in [6.07, 6.45) is 2.08. The highest BCUT2D eigenvalue weighted by Gasteiger charge is 2.20. The highest BCUT2D eigenvalue weighted by atomic mass is 16.5. The van der Waals surface area contributed by atoms with Crippen molar-refractivity contribution in [1.82, 2.24) is 0 Å². The molecule has 1 heterocycles. The highest BCUT2D eigenvalue weighted by Crippen LogP contribution is 2.33. The summed E-state index contributed by atoms with van der Waals surface area (Å²) < 4.78 is 5.36. The van der Waals surface area contributed by atoms with E-state index in [1.165, 1.54) is 0 Å². The van der Waals surface area contributed by atoms with E-state index in [2.05, 4.69) is 33.0 Å². The molecule has 1 aromatic rings. The molecule has 0 radical (unpaired) electrons. The minimum Gasteiger partial charge on any atom is -0.482 e. The Morgan fingerprint density at radius 1 is 1.38 bits per heavy atom. The van der Waals surface area contributed by atoms with Gasteiger partial charge in [-0.15, -0.1) is 0 Å². The number of ether oxygens (including phenoxy) is 1. The number of amides is 1. The van der Waals surface area contributed by atoms with Gasteiger partial charge < -0.3 is 15.8 Å². The van der Waals surface area contributed by atoms with Crippen LogP contribution in [0.3, 0.4) is 0 Å². The molecule has 0 aromatic heterocycles. The predicted octanol–water partition coefficient (Wildman–Crippen LogP) is 3.48. The molecule has 116 valence electrons. The molecule has 0 saturated carbocycles. The van der Waals surface area contributed by atoms with Gasteiger partial charge in [-0.3, -0.25) is 4.79 Å². The van der Waals surface area contributed by atoms with Gasteiger partial charge in [0.25, 0.3) is 5.91 Å². The third kappa shape index (κ3) is 4.46. The van der Waals surface area contributed by atoms with E-state index >= 15 is 0 Å². The van der Waals surface area contributed by atoms with Crippen LogP contribution in [0.5, 0.6) is 5.75 Å². The SMILES string of the molecule is CC(CC(N)c1ccc2c(c1)NC(=O)CO2)CC(C)(C)C. The summed E-state index contributed by atoms with van der Waals surface area (Å²) in [5.41, 5.74) is 8.41. The molecule has 1 aliphatic rings. The molecule has 0 fully saturated rings. The molecule has 0 spiro atoms. The summed E-state index contributed by atoms with van der Waals surface area (Å²) in [6.45, 7) is 9.08. The summed E-state index contributed by atoms with van der Waals surface area (Å²) >= 11 is 0. The summed E-state index contributed by atoms with van der Waals surface area (Å²) in [7, 11) is 0. The average Bonchev–Trinajstić information content (AvgIpc) is 2.35. The molecule has 0 bridgehead atoms. The van der Waals surface area contributed by atoms with Crippen molar-refractivity contribution in [3.8, 4) is 5.75 Å². The number of nitrogens with one attached hydrogen (secondary N) is 1. The van der Waals surface area contributed by atoms with Crippen molar-refractivity contribution < 1.29 is 9.53 Å². The van der Waals surface area contributed by atoms with Crippen molar-refractivity contribution in [1.29, 1.82) is 0 Å². The lowest BCUT2D eigenvalue weighted by Gasteiger charge is -2.26. The van der Waals surface area contributed by atoms with Gasteiger partial charge >= 0.3 is 0 Å². The third-order valence-electron chi connectivity index (χ3n) is 3.68. The van der Waals surface area contributed by atoms with Crippen LogP contribution in [0.15, 0.2) is 18.2 Å². The number of fused-ring (bicyclic) bond motifs is 1. The molecule has 1 amide bonds. The van der Waals surface area contributed by atoms with Gasteiger partial charge in [0.1, 0.15) is 5.75 Å². The number of carbonyl (C=O) groups is 1. The lowest BCUT2D eigenvalue weighted by Crippen LogP contribution is -2.26. The fourth-order valence-corrected chi connectivity index (χ4v) is 3.03. The van der Waals surface area contributed by atoms with E-state index in [9.17, 15) is 4.79 Å². The fraction of sp³-hybridized carbons (Fsp3) is 0.588. The number of anilines is 1. The molecule has 2 rings (SSSR count). The Labute approximate surface area is 127 Å². The first-order valence-corrected chi connectivity index (χ1v) is 7.57. The molecule has 2 unspecified atom stereocenters.